The number of ether oxygens (including phenoxy) is 1. The summed E-state index contributed by atoms with van der Waals surface area (Å²) in [5, 5.41) is 7.13. The minimum Gasteiger partial charge on any atom is -0.497 e. The third-order valence-corrected chi connectivity index (χ3v) is 3.54. The molecule has 0 saturated heterocycles. The van der Waals surface area contributed by atoms with Crippen molar-refractivity contribution in [3.8, 4) is 17.1 Å². The first-order valence-electron chi connectivity index (χ1n) is 7.50. The molecule has 7 nitrogen and oxygen atoms in total. The number of carbonyl (C=O) groups excluding carboxylic acids is 1. The summed E-state index contributed by atoms with van der Waals surface area (Å²) < 4.78 is 7.98. The highest BCUT2D eigenvalue weighted by Gasteiger charge is 2.13. The molecule has 0 aliphatic heterocycles. The zero-order chi connectivity index (χ0) is 17.0. The van der Waals surface area contributed by atoms with Gasteiger partial charge in [-0.25, -0.2) is 9.48 Å². The van der Waals surface area contributed by atoms with Gasteiger partial charge in [0.05, 0.1) is 13.7 Å². The van der Waals surface area contributed by atoms with Crippen LogP contribution in [-0.4, -0.2) is 33.9 Å². The highest BCUT2D eigenvalue weighted by molar-refractivity contribution is 5.77. The van der Waals surface area contributed by atoms with E-state index in [4.69, 9.17) is 4.74 Å². The van der Waals surface area contributed by atoms with Gasteiger partial charge in [-0.3, -0.25) is 9.36 Å². The number of hydrogen-bond donors (Lipinski definition) is 1. The molecule has 124 valence electrons. The number of benzene rings is 1. The largest absolute Gasteiger partial charge is 0.497 e. The van der Waals surface area contributed by atoms with E-state index in [1.54, 1.807) is 14.2 Å². The predicted molar refractivity (Wildman–Crippen MR) is 87.3 cm³/mol. The van der Waals surface area contributed by atoms with E-state index < -0.39 is 0 Å². The number of carbonyl (C=O) groups is 1. The summed E-state index contributed by atoms with van der Waals surface area (Å²) in [6.45, 7) is 4.35. The van der Waals surface area contributed by atoms with Gasteiger partial charge in [-0.1, -0.05) is 13.8 Å². The molecule has 1 N–H and O–H groups in total. The maximum Gasteiger partial charge on any atom is 0.345 e. The summed E-state index contributed by atoms with van der Waals surface area (Å²) in [4.78, 5) is 23.8. The molecule has 1 aromatic carbocycles. The van der Waals surface area contributed by atoms with Gasteiger partial charge in [0.1, 0.15) is 5.75 Å². The van der Waals surface area contributed by atoms with Crippen LogP contribution in [0.2, 0.25) is 0 Å². The molecule has 0 radical (unpaired) electrons. The molecule has 2 aromatic rings. The zero-order valence-corrected chi connectivity index (χ0v) is 13.9. The predicted octanol–water partition coefficient (Wildman–Crippen LogP) is 1.03. The Labute approximate surface area is 134 Å². The molecule has 1 heterocycles. The van der Waals surface area contributed by atoms with Gasteiger partial charge in [0, 0.05) is 25.1 Å². The summed E-state index contributed by atoms with van der Waals surface area (Å²) in [5.74, 6) is 1.21. The van der Waals surface area contributed by atoms with Gasteiger partial charge in [0.2, 0.25) is 5.91 Å². The number of methoxy groups -OCH3 is 1. The maximum absolute atomic E-state index is 12.2. The van der Waals surface area contributed by atoms with Gasteiger partial charge >= 0.3 is 5.69 Å². The molecule has 0 saturated carbocycles. The summed E-state index contributed by atoms with van der Waals surface area (Å²) in [7, 11) is 3.28. The Bertz CT molecular complexity index is 729. The van der Waals surface area contributed by atoms with E-state index in [1.807, 2.05) is 38.1 Å². The van der Waals surface area contributed by atoms with Crippen molar-refractivity contribution in [3.63, 3.8) is 0 Å². The van der Waals surface area contributed by atoms with Crippen LogP contribution in [0.3, 0.4) is 0 Å². The van der Waals surface area contributed by atoms with Gasteiger partial charge in [-0.05, 0) is 24.3 Å². The molecule has 0 fully saturated rings. The van der Waals surface area contributed by atoms with Crippen LogP contribution in [0.5, 0.6) is 5.75 Å². The van der Waals surface area contributed by atoms with E-state index in [0.717, 1.165) is 11.3 Å². The number of amides is 1. The van der Waals surface area contributed by atoms with E-state index in [9.17, 15) is 9.59 Å². The average Bonchev–Trinajstić information content (AvgIpc) is 2.83. The van der Waals surface area contributed by atoms with Gasteiger partial charge < -0.3 is 10.1 Å². The van der Waals surface area contributed by atoms with Crippen LogP contribution in [0, 0.1) is 5.92 Å². The second-order valence-corrected chi connectivity index (χ2v) is 5.56. The fraction of sp³-hybridized carbons (Fsp3) is 0.438. The van der Waals surface area contributed by atoms with Gasteiger partial charge in [-0.15, -0.1) is 5.10 Å². The van der Waals surface area contributed by atoms with Crippen LogP contribution >= 0.6 is 0 Å². The quantitative estimate of drug-likeness (QED) is 0.863. The van der Waals surface area contributed by atoms with Crippen molar-refractivity contribution >= 4 is 5.91 Å². The van der Waals surface area contributed by atoms with Gasteiger partial charge in [0.25, 0.3) is 0 Å². The highest BCUT2D eigenvalue weighted by Crippen LogP contribution is 2.19. The SMILES string of the molecule is COc1ccc(-c2nn(CCNC(=O)C(C)C)c(=O)n2C)cc1. The Balaban J connectivity index is 2.14. The van der Waals surface area contributed by atoms with Crippen molar-refractivity contribution in [1.82, 2.24) is 19.7 Å². The van der Waals surface area contributed by atoms with Crippen LogP contribution in [0.15, 0.2) is 29.1 Å². The lowest BCUT2D eigenvalue weighted by atomic mass is 10.2. The molecular weight excluding hydrogens is 296 g/mol. The standard InChI is InChI=1S/C16H22N4O3/c1-11(2)15(21)17-9-10-20-16(22)19(3)14(18-20)12-5-7-13(23-4)8-6-12/h5-8,11H,9-10H2,1-4H3,(H,17,21). The molecule has 1 amide bonds. The van der Waals surface area contributed by atoms with E-state index in [0.29, 0.717) is 18.9 Å². The Hall–Kier alpha value is -2.57. The van der Waals surface area contributed by atoms with Crippen LogP contribution in [-0.2, 0) is 18.4 Å². The van der Waals surface area contributed by atoms with E-state index in [2.05, 4.69) is 10.4 Å². The average molecular weight is 318 g/mol. The van der Waals surface area contributed by atoms with Gasteiger partial charge in [-0.2, -0.15) is 0 Å². The Morgan fingerprint density at radius 1 is 1.30 bits per heavy atom. The van der Waals surface area contributed by atoms with E-state index >= 15 is 0 Å². The Morgan fingerprint density at radius 2 is 1.96 bits per heavy atom. The van der Waals surface area contributed by atoms with Crippen molar-refractivity contribution in [1.29, 1.82) is 0 Å². The monoisotopic (exact) mass is 318 g/mol. The maximum atomic E-state index is 12.2. The number of rotatable bonds is 6. The molecule has 0 spiro atoms. The minimum absolute atomic E-state index is 0.0376. The second-order valence-electron chi connectivity index (χ2n) is 5.56. The third kappa shape index (κ3) is 3.80. The number of aromatic nitrogens is 3. The first kappa shape index (κ1) is 16.8. The fourth-order valence-electron chi connectivity index (χ4n) is 2.11. The lowest BCUT2D eigenvalue weighted by molar-refractivity contribution is -0.124. The zero-order valence-electron chi connectivity index (χ0n) is 13.9. The highest BCUT2D eigenvalue weighted by atomic mass is 16.5. The lowest BCUT2D eigenvalue weighted by Crippen LogP contribution is -2.33. The lowest BCUT2D eigenvalue weighted by Gasteiger charge is -2.06. The van der Waals surface area contributed by atoms with Crippen molar-refractivity contribution in [2.24, 2.45) is 13.0 Å². The summed E-state index contributed by atoms with van der Waals surface area (Å²) in [6, 6.07) is 7.35. The number of hydrogen-bond acceptors (Lipinski definition) is 4. The first-order chi connectivity index (χ1) is 10.9. The molecule has 0 atom stereocenters. The van der Waals surface area contributed by atoms with Crippen LogP contribution in [0.1, 0.15) is 13.8 Å². The van der Waals surface area contributed by atoms with Crippen molar-refractivity contribution < 1.29 is 9.53 Å². The number of nitrogens with zero attached hydrogens (tertiary/aromatic N) is 3. The summed E-state index contributed by atoms with van der Waals surface area (Å²) in [5.41, 5.74) is 0.616. The molecule has 23 heavy (non-hydrogen) atoms. The van der Waals surface area contributed by atoms with Crippen molar-refractivity contribution in [2.45, 2.75) is 20.4 Å². The summed E-state index contributed by atoms with van der Waals surface area (Å²) in [6.07, 6.45) is 0. The van der Waals surface area contributed by atoms with Gasteiger partial charge in [0.15, 0.2) is 5.82 Å². The molecule has 0 bridgehead atoms. The molecule has 0 aliphatic carbocycles. The minimum atomic E-state index is -0.213. The van der Waals surface area contributed by atoms with Crippen molar-refractivity contribution in [2.75, 3.05) is 13.7 Å². The van der Waals surface area contributed by atoms with Crippen molar-refractivity contribution in [3.05, 3.63) is 34.7 Å². The summed E-state index contributed by atoms with van der Waals surface area (Å²) >= 11 is 0. The molecule has 0 aliphatic rings. The van der Waals surface area contributed by atoms with Crippen LogP contribution in [0.4, 0.5) is 0 Å². The smallest absolute Gasteiger partial charge is 0.345 e. The molecule has 0 unspecified atom stereocenters. The van der Waals surface area contributed by atoms with E-state index in [1.165, 1.54) is 9.25 Å². The Kier molecular flexibility index (Phi) is 5.20. The molecule has 2 rings (SSSR count). The van der Waals surface area contributed by atoms with E-state index in [-0.39, 0.29) is 17.5 Å². The molecule has 7 heteroatoms. The molecular formula is C16H22N4O3. The molecule has 1 aromatic heterocycles. The second kappa shape index (κ2) is 7.13. The van der Waals surface area contributed by atoms with Crippen LogP contribution in [0.25, 0.3) is 11.4 Å². The fourth-order valence-corrected chi connectivity index (χ4v) is 2.11. The van der Waals surface area contributed by atoms with Crippen LogP contribution < -0.4 is 15.7 Å². The normalized spacial score (nSPS) is 10.8. The number of nitrogens with one attached hydrogen (secondary N) is 1. The topological polar surface area (TPSA) is 78.2 Å². The Morgan fingerprint density at radius 3 is 2.52 bits per heavy atom. The third-order valence-electron chi connectivity index (χ3n) is 3.54. The first-order valence-corrected chi connectivity index (χ1v) is 7.50.